The minimum Gasteiger partial charge on any atom is -0.385 e. The number of nitrogens with two attached hydrogens (primary N) is 1. The molecule has 2 heterocycles. The summed E-state index contributed by atoms with van der Waals surface area (Å²) in [7, 11) is 1.67. The Morgan fingerprint density at radius 1 is 1.24 bits per heavy atom. The molecule has 128 valence electrons. The number of nitrogen functional groups attached to an aromatic ring is 1. The molecule has 1 aromatic carbocycles. The van der Waals surface area contributed by atoms with Gasteiger partial charge in [-0.15, -0.1) is 5.10 Å². The third-order valence-electron chi connectivity index (χ3n) is 3.43. The second-order valence-electron chi connectivity index (χ2n) is 5.15. The molecule has 0 bridgehead atoms. The zero-order valence-electron chi connectivity index (χ0n) is 12.9. The fraction of sp³-hybridized carbons (Fsp3) is 0.133. The molecule has 0 spiro atoms. The number of imidazole rings is 1. The molecule has 25 heavy (non-hydrogen) atoms. The van der Waals surface area contributed by atoms with E-state index in [0.717, 1.165) is 12.1 Å². The zero-order chi connectivity index (χ0) is 18.2. The van der Waals surface area contributed by atoms with Gasteiger partial charge >= 0.3 is 6.18 Å². The Bertz CT molecular complexity index is 985. The van der Waals surface area contributed by atoms with Crippen molar-refractivity contribution in [3.05, 3.63) is 41.6 Å². The molecule has 7 nitrogen and oxygen atoms in total. The predicted octanol–water partition coefficient (Wildman–Crippen LogP) is 2.99. The topological polar surface area (TPSA) is 104 Å². The van der Waals surface area contributed by atoms with Crippen molar-refractivity contribution in [1.82, 2.24) is 14.6 Å². The van der Waals surface area contributed by atoms with E-state index in [1.807, 2.05) is 0 Å². The summed E-state index contributed by atoms with van der Waals surface area (Å²) in [5.74, 6) is 0.515. The Balaban J connectivity index is 2.07. The molecule has 0 amide bonds. The molecule has 2 aromatic heterocycles. The number of benzene rings is 1. The van der Waals surface area contributed by atoms with Crippen LogP contribution in [0.15, 0.2) is 30.5 Å². The lowest BCUT2D eigenvalue weighted by atomic mass is 10.1. The van der Waals surface area contributed by atoms with Crippen LogP contribution >= 0.6 is 0 Å². The second-order valence-corrected chi connectivity index (χ2v) is 5.15. The molecule has 0 unspecified atom stereocenters. The highest BCUT2D eigenvalue weighted by molar-refractivity contribution is 5.74. The van der Waals surface area contributed by atoms with Crippen molar-refractivity contribution in [2.45, 2.75) is 6.18 Å². The number of anilines is 4. The summed E-state index contributed by atoms with van der Waals surface area (Å²) in [6, 6.07) is 6.29. The van der Waals surface area contributed by atoms with E-state index in [0.29, 0.717) is 11.3 Å². The number of nitrogens with one attached hydrogen (secondary N) is 2. The maximum atomic E-state index is 13.0. The van der Waals surface area contributed by atoms with Gasteiger partial charge in [-0.05, 0) is 18.2 Å². The lowest BCUT2D eigenvalue weighted by molar-refractivity contribution is -0.137. The fourth-order valence-corrected chi connectivity index (χ4v) is 2.31. The molecule has 0 aliphatic carbocycles. The van der Waals surface area contributed by atoms with Gasteiger partial charge in [0.15, 0.2) is 11.5 Å². The van der Waals surface area contributed by atoms with Gasteiger partial charge in [-0.3, -0.25) is 0 Å². The monoisotopic (exact) mass is 347 g/mol. The van der Waals surface area contributed by atoms with E-state index in [9.17, 15) is 13.2 Å². The number of nitrogens with zero attached hydrogens (tertiary/aromatic N) is 4. The first kappa shape index (κ1) is 16.4. The van der Waals surface area contributed by atoms with Gasteiger partial charge < -0.3 is 16.4 Å². The number of nitriles is 1. The van der Waals surface area contributed by atoms with Crippen molar-refractivity contribution in [2.24, 2.45) is 0 Å². The summed E-state index contributed by atoms with van der Waals surface area (Å²) in [4.78, 5) is 4.10. The Kier molecular flexibility index (Phi) is 3.84. The van der Waals surface area contributed by atoms with Gasteiger partial charge in [0.2, 0.25) is 0 Å². The summed E-state index contributed by atoms with van der Waals surface area (Å²) in [5, 5.41) is 18.8. The van der Waals surface area contributed by atoms with Crippen LogP contribution in [0.3, 0.4) is 0 Å². The van der Waals surface area contributed by atoms with Crippen molar-refractivity contribution in [3.63, 3.8) is 0 Å². The third kappa shape index (κ3) is 3.12. The first-order valence-electron chi connectivity index (χ1n) is 7.03. The fourth-order valence-electron chi connectivity index (χ4n) is 2.31. The van der Waals surface area contributed by atoms with E-state index in [1.165, 1.54) is 16.8 Å². The van der Waals surface area contributed by atoms with Crippen molar-refractivity contribution in [2.75, 3.05) is 23.4 Å². The van der Waals surface area contributed by atoms with E-state index in [-0.39, 0.29) is 22.9 Å². The van der Waals surface area contributed by atoms with Crippen LogP contribution in [0.4, 0.5) is 36.2 Å². The molecule has 0 saturated carbocycles. The summed E-state index contributed by atoms with van der Waals surface area (Å²) in [6.07, 6.45) is -3.14. The third-order valence-corrected chi connectivity index (χ3v) is 3.43. The highest BCUT2D eigenvalue weighted by atomic mass is 19.4. The first-order valence-corrected chi connectivity index (χ1v) is 7.03. The smallest absolute Gasteiger partial charge is 0.385 e. The van der Waals surface area contributed by atoms with Crippen molar-refractivity contribution in [3.8, 4) is 6.07 Å². The first-order chi connectivity index (χ1) is 11.8. The highest BCUT2D eigenvalue weighted by Gasteiger charge is 2.31. The summed E-state index contributed by atoms with van der Waals surface area (Å²) in [5.41, 5.74) is 5.88. The number of aromatic nitrogens is 3. The molecule has 0 aliphatic rings. The highest BCUT2D eigenvalue weighted by Crippen LogP contribution is 2.33. The summed E-state index contributed by atoms with van der Waals surface area (Å²) >= 11 is 0. The molecule has 0 radical (unpaired) electrons. The van der Waals surface area contributed by atoms with E-state index in [2.05, 4.69) is 20.7 Å². The molecule has 10 heteroatoms. The largest absolute Gasteiger partial charge is 0.416 e. The molecular formula is C15H12F3N7. The van der Waals surface area contributed by atoms with E-state index in [1.54, 1.807) is 19.2 Å². The van der Waals surface area contributed by atoms with Crippen molar-refractivity contribution < 1.29 is 13.2 Å². The molecule has 3 rings (SSSR count). The average molecular weight is 347 g/mol. The standard InChI is InChI=1S/C15H12F3N7/c1-21-11-5-13(24-25-12(20)7-22-14(11)25)23-10-3-8(6-19)2-9(4-10)15(16,17)18/h2-5,7,21H,20H2,1H3,(H,23,24). The minimum atomic E-state index is -4.56. The molecular weight excluding hydrogens is 335 g/mol. The maximum Gasteiger partial charge on any atom is 0.416 e. The van der Waals surface area contributed by atoms with Gasteiger partial charge in [0.1, 0.15) is 5.82 Å². The molecule has 3 aromatic rings. The molecule has 4 N–H and O–H groups in total. The van der Waals surface area contributed by atoms with Gasteiger partial charge in [0, 0.05) is 18.8 Å². The Morgan fingerprint density at radius 3 is 2.64 bits per heavy atom. The minimum absolute atomic E-state index is 0.0824. The van der Waals surface area contributed by atoms with E-state index >= 15 is 0 Å². The maximum absolute atomic E-state index is 13.0. The quantitative estimate of drug-likeness (QED) is 0.673. The Hall–Kier alpha value is -3.48. The molecule has 0 saturated heterocycles. The zero-order valence-corrected chi connectivity index (χ0v) is 12.9. The summed E-state index contributed by atoms with van der Waals surface area (Å²) < 4.78 is 40.3. The molecule has 0 aliphatic heterocycles. The lowest BCUT2D eigenvalue weighted by Crippen LogP contribution is -2.08. The molecule has 0 fully saturated rings. The second kappa shape index (κ2) is 5.86. The Labute approximate surface area is 139 Å². The number of hydrogen-bond acceptors (Lipinski definition) is 6. The summed E-state index contributed by atoms with van der Waals surface area (Å²) in [6.45, 7) is 0. The van der Waals surface area contributed by atoms with Crippen LogP contribution < -0.4 is 16.4 Å². The van der Waals surface area contributed by atoms with Crippen LogP contribution in [-0.4, -0.2) is 21.6 Å². The number of alkyl halides is 3. The van der Waals surface area contributed by atoms with Crippen LogP contribution in [0.25, 0.3) is 5.65 Å². The van der Waals surface area contributed by atoms with Crippen molar-refractivity contribution in [1.29, 1.82) is 5.26 Å². The number of hydrogen-bond donors (Lipinski definition) is 3. The normalized spacial score (nSPS) is 11.3. The SMILES string of the molecule is CNc1cc(Nc2cc(C#N)cc(C(F)(F)F)c2)nn2c(N)cnc12. The van der Waals surface area contributed by atoms with Crippen LogP contribution in [0.5, 0.6) is 0 Å². The number of halogens is 3. The van der Waals surface area contributed by atoms with Crippen LogP contribution in [0.1, 0.15) is 11.1 Å². The Morgan fingerprint density at radius 2 is 2.00 bits per heavy atom. The average Bonchev–Trinajstić information content (AvgIpc) is 2.94. The lowest BCUT2D eigenvalue weighted by Gasteiger charge is -2.12. The van der Waals surface area contributed by atoms with Crippen LogP contribution in [0, 0.1) is 11.3 Å². The van der Waals surface area contributed by atoms with Gasteiger partial charge in [0.05, 0.1) is 29.1 Å². The van der Waals surface area contributed by atoms with Gasteiger partial charge in [-0.1, -0.05) is 0 Å². The molecule has 0 atom stereocenters. The van der Waals surface area contributed by atoms with Crippen LogP contribution in [0.2, 0.25) is 0 Å². The number of rotatable bonds is 3. The number of fused-ring (bicyclic) bond motifs is 1. The predicted molar refractivity (Wildman–Crippen MR) is 86.4 cm³/mol. The van der Waals surface area contributed by atoms with E-state index < -0.39 is 11.7 Å². The van der Waals surface area contributed by atoms with Gasteiger partial charge in [-0.2, -0.15) is 22.9 Å². The van der Waals surface area contributed by atoms with E-state index in [4.69, 9.17) is 11.0 Å². The van der Waals surface area contributed by atoms with Crippen LogP contribution in [-0.2, 0) is 6.18 Å². The van der Waals surface area contributed by atoms with Crippen molar-refractivity contribution >= 4 is 28.7 Å². The van der Waals surface area contributed by atoms with Gasteiger partial charge in [0.25, 0.3) is 0 Å². The van der Waals surface area contributed by atoms with Gasteiger partial charge in [-0.25, -0.2) is 4.98 Å².